The molecule has 58 valence electrons. The molecule has 0 spiro atoms. The van der Waals surface area contributed by atoms with E-state index in [4.69, 9.17) is 0 Å². The SMILES string of the molecule is O=C=NCCc1ccc(Br)s1. The zero-order valence-electron chi connectivity index (χ0n) is 5.71. The highest BCUT2D eigenvalue weighted by molar-refractivity contribution is 9.11. The zero-order chi connectivity index (χ0) is 8.10. The van der Waals surface area contributed by atoms with Crippen LogP contribution in [0.2, 0.25) is 0 Å². The third-order valence-electron chi connectivity index (χ3n) is 1.16. The van der Waals surface area contributed by atoms with Gasteiger partial charge in [-0.05, 0) is 28.1 Å². The van der Waals surface area contributed by atoms with E-state index in [1.807, 2.05) is 12.1 Å². The molecule has 0 bridgehead atoms. The molecule has 0 saturated carbocycles. The molecule has 0 radical (unpaired) electrons. The lowest BCUT2D eigenvalue weighted by atomic mass is 10.3. The van der Waals surface area contributed by atoms with Gasteiger partial charge in [0.25, 0.3) is 0 Å². The molecule has 0 aliphatic carbocycles. The molecule has 2 nitrogen and oxygen atoms in total. The Morgan fingerprint density at radius 1 is 1.64 bits per heavy atom. The summed E-state index contributed by atoms with van der Waals surface area (Å²) in [4.78, 5) is 14.4. The van der Waals surface area contributed by atoms with Gasteiger partial charge in [0.1, 0.15) is 0 Å². The first kappa shape index (κ1) is 8.65. The number of rotatable bonds is 3. The second kappa shape index (κ2) is 4.44. The van der Waals surface area contributed by atoms with Crippen LogP contribution in [0.1, 0.15) is 4.88 Å². The van der Waals surface area contributed by atoms with Crippen LogP contribution in [0.5, 0.6) is 0 Å². The van der Waals surface area contributed by atoms with Crippen LogP contribution in [0, 0.1) is 0 Å². The molecule has 1 aromatic rings. The van der Waals surface area contributed by atoms with E-state index in [9.17, 15) is 4.79 Å². The third-order valence-corrected chi connectivity index (χ3v) is 2.85. The lowest BCUT2D eigenvalue weighted by Gasteiger charge is -1.86. The molecule has 0 aliphatic rings. The van der Waals surface area contributed by atoms with Crippen LogP contribution in [-0.2, 0) is 11.2 Å². The fraction of sp³-hybridized carbons (Fsp3) is 0.286. The summed E-state index contributed by atoms with van der Waals surface area (Å²) in [7, 11) is 0. The van der Waals surface area contributed by atoms with Crippen molar-refractivity contribution in [1.29, 1.82) is 0 Å². The molecule has 0 aliphatic heterocycles. The van der Waals surface area contributed by atoms with Gasteiger partial charge in [-0.15, -0.1) is 11.3 Å². The van der Waals surface area contributed by atoms with Crippen molar-refractivity contribution in [3.8, 4) is 0 Å². The van der Waals surface area contributed by atoms with Crippen molar-refractivity contribution in [2.24, 2.45) is 4.99 Å². The van der Waals surface area contributed by atoms with E-state index in [1.165, 1.54) is 11.0 Å². The molecule has 1 heterocycles. The topological polar surface area (TPSA) is 29.4 Å². The molecular weight excluding hydrogens is 226 g/mol. The average molecular weight is 232 g/mol. The summed E-state index contributed by atoms with van der Waals surface area (Å²) in [6.07, 6.45) is 2.34. The summed E-state index contributed by atoms with van der Waals surface area (Å²) in [5.74, 6) is 0. The minimum absolute atomic E-state index is 0.538. The molecule has 0 aromatic carbocycles. The van der Waals surface area contributed by atoms with Crippen LogP contribution >= 0.6 is 27.3 Å². The summed E-state index contributed by atoms with van der Waals surface area (Å²) in [6, 6.07) is 4.01. The summed E-state index contributed by atoms with van der Waals surface area (Å²) in [5, 5.41) is 0. The maximum absolute atomic E-state index is 9.70. The average Bonchev–Trinajstić information content (AvgIpc) is 2.37. The maximum Gasteiger partial charge on any atom is 0.234 e. The lowest BCUT2D eigenvalue weighted by molar-refractivity contribution is 0.563. The normalized spacial score (nSPS) is 9.18. The Morgan fingerprint density at radius 2 is 2.45 bits per heavy atom. The van der Waals surface area contributed by atoms with E-state index in [1.54, 1.807) is 11.3 Å². The molecule has 4 heteroatoms. The van der Waals surface area contributed by atoms with Crippen molar-refractivity contribution >= 4 is 33.3 Å². The smallest absolute Gasteiger partial charge is 0.211 e. The Labute approximate surface area is 77.1 Å². The number of halogens is 1. The molecule has 1 aromatic heterocycles. The van der Waals surface area contributed by atoms with E-state index in [0.717, 1.165) is 10.2 Å². The van der Waals surface area contributed by atoms with Crippen molar-refractivity contribution in [2.45, 2.75) is 6.42 Å². The predicted molar refractivity (Wildman–Crippen MR) is 48.7 cm³/mol. The minimum atomic E-state index is 0.538. The molecule has 0 unspecified atom stereocenters. The fourth-order valence-electron chi connectivity index (χ4n) is 0.698. The molecule has 0 atom stereocenters. The van der Waals surface area contributed by atoms with Gasteiger partial charge in [-0.2, -0.15) is 0 Å². The largest absolute Gasteiger partial charge is 0.234 e. The molecular formula is C7H6BrNOS. The standard InChI is InChI=1S/C7H6BrNOS/c8-7-2-1-6(11-7)3-4-9-5-10/h1-2H,3-4H2. The van der Waals surface area contributed by atoms with Crippen LogP contribution in [-0.4, -0.2) is 12.6 Å². The monoisotopic (exact) mass is 231 g/mol. The van der Waals surface area contributed by atoms with Crippen molar-refractivity contribution in [3.05, 3.63) is 20.8 Å². The first-order valence-corrected chi connectivity index (χ1v) is 4.71. The van der Waals surface area contributed by atoms with Gasteiger partial charge in [0.2, 0.25) is 6.08 Å². The van der Waals surface area contributed by atoms with E-state index in [-0.39, 0.29) is 0 Å². The van der Waals surface area contributed by atoms with Gasteiger partial charge in [-0.3, -0.25) is 0 Å². The second-order valence-electron chi connectivity index (χ2n) is 1.93. The number of aliphatic imine (C=N–C) groups is 1. The van der Waals surface area contributed by atoms with Gasteiger partial charge in [0, 0.05) is 11.3 Å². The van der Waals surface area contributed by atoms with Crippen LogP contribution in [0.25, 0.3) is 0 Å². The van der Waals surface area contributed by atoms with Crippen molar-refractivity contribution in [3.63, 3.8) is 0 Å². The van der Waals surface area contributed by atoms with Gasteiger partial charge in [0.15, 0.2) is 0 Å². The summed E-state index contributed by atoms with van der Waals surface area (Å²) in [5.41, 5.74) is 0. The summed E-state index contributed by atoms with van der Waals surface area (Å²) >= 11 is 5.02. The third kappa shape index (κ3) is 2.97. The quantitative estimate of drug-likeness (QED) is 0.581. The van der Waals surface area contributed by atoms with Crippen molar-refractivity contribution < 1.29 is 4.79 Å². The molecule has 0 N–H and O–H groups in total. The van der Waals surface area contributed by atoms with Crippen LogP contribution < -0.4 is 0 Å². The Morgan fingerprint density at radius 3 is 3.00 bits per heavy atom. The van der Waals surface area contributed by atoms with Crippen molar-refractivity contribution in [2.75, 3.05) is 6.54 Å². The molecule has 0 amide bonds. The summed E-state index contributed by atoms with van der Waals surface area (Å²) in [6.45, 7) is 0.538. The predicted octanol–water partition coefficient (Wildman–Crippen LogP) is 2.39. The lowest BCUT2D eigenvalue weighted by Crippen LogP contribution is -1.83. The number of hydrogen-bond acceptors (Lipinski definition) is 3. The van der Waals surface area contributed by atoms with E-state index in [2.05, 4.69) is 20.9 Å². The molecule has 0 fully saturated rings. The van der Waals surface area contributed by atoms with Crippen LogP contribution in [0.15, 0.2) is 20.9 Å². The zero-order valence-corrected chi connectivity index (χ0v) is 8.11. The molecule has 11 heavy (non-hydrogen) atoms. The highest BCUT2D eigenvalue weighted by atomic mass is 79.9. The minimum Gasteiger partial charge on any atom is -0.211 e. The Hall–Kier alpha value is -0.440. The van der Waals surface area contributed by atoms with Crippen LogP contribution in [0.4, 0.5) is 0 Å². The number of isocyanates is 1. The van der Waals surface area contributed by atoms with Gasteiger partial charge < -0.3 is 0 Å². The Balaban J connectivity index is 2.44. The maximum atomic E-state index is 9.70. The van der Waals surface area contributed by atoms with E-state index >= 15 is 0 Å². The number of carbonyl (C=O) groups excluding carboxylic acids is 1. The highest BCUT2D eigenvalue weighted by Gasteiger charge is 1.95. The van der Waals surface area contributed by atoms with E-state index in [0.29, 0.717) is 6.54 Å². The number of hydrogen-bond donors (Lipinski definition) is 0. The molecule has 0 saturated heterocycles. The fourth-order valence-corrected chi connectivity index (χ4v) is 2.17. The van der Waals surface area contributed by atoms with Gasteiger partial charge in [-0.1, -0.05) is 0 Å². The van der Waals surface area contributed by atoms with E-state index < -0.39 is 0 Å². The first-order chi connectivity index (χ1) is 5.33. The summed E-state index contributed by atoms with van der Waals surface area (Å²) < 4.78 is 1.11. The van der Waals surface area contributed by atoms with Crippen molar-refractivity contribution in [1.82, 2.24) is 0 Å². The first-order valence-electron chi connectivity index (χ1n) is 3.11. The second-order valence-corrected chi connectivity index (χ2v) is 4.48. The van der Waals surface area contributed by atoms with Gasteiger partial charge in [-0.25, -0.2) is 9.79 Å². The highest BCUT2D eigenvalue weighted by Crippen LogP contribution is 2.22. The van der Waals surface area contributed by atoms with Crippen LogP contribution in [0.3, 0.4) is 0 Å². The van der Waals surface area contributed by atoms with Gasteiger partial charge >= 0.3 is 0 Å². The molecule has 1 rings (SSSR count). The Bertz CT molecular complexity index is 278. The number of nitrogens with zero attached hydrogens (tertiary/aromatic N) is 1. The van der Waals surface area contributed by atoms with Gasteiger partial charge in [0.05, 0.1) is 10.3 Å². The number of thiophene rings is 1. The Kier molecular flexibility index (Phi) is 3.49.